The Labute approximate surface area is 217 Å². The molecular weight excluding hydrogens is 477 g/mol. The fourth-order valence-corrected chi connectivity index (χ4v) is 4.64. The summed E-state index contributed by atoms with van der Waals surface area (Å²) < 4.78 is 13.2. The van der Waals surface area contributed by atoms with E-state index in [1.54, 1.807) is 24.3 Å². The van der Waals surface area contributed by atoms with Gasteiger partial charge in [-0.2, -0.15) is 0 Å². The van der Waals surface area contributed by atoms with Gasteiger partial charge in [0.2, 0.25) is 5.91 Å². The van der Waals surface area contributed by atoms with Gasteiger partial charge in [0.15, 0.2) is 29.0 Å². The van der Waals surface area contributed by atoms with E-state index in [4.69, 9.17) is 18.0 Å². The van der Waals surface area contributed by atoms with Crippen molar-refractivity contribution in [3.63, 3.8) is 0 Å². The Hall–Kier alpha value is -3.61. The predicted octanol–water partition coefficient (Wildman–Crippen LogP) is 3.24. The molecule has 2 rings (SSSR count). The third-order valence-corrected chi connectivity index (χ3v) is 6.79. The number of ketones is 3. The number of alkyl halides is 1. The molecule has 0 unspecified atom stereocenters. The molecule has 0 saturated carbocycles. The van der Waals surface area contributed by atoms with E-state index in [2.05, 4.69) is 9.84 Å². The van der Waals surface area contributed by atoms with Gasteiger partial charge in [0, 0.05) is 43.3 Å². The van der Waals surface area contributed by atoms with Gasteiger partial charge in [0.1, 0.15) is 6.67 Å². The largest absolute Gasteiger partial charge is 0.370 e. The molecule has 1 aliphatic rings. The van der Waals surface area contributed by atoms with Crippen molar-refractivity contribution in [3.8, 4) is 0 Å². The molecule has 200 valence electrons. The molecule has 9 nitrogen and oxygen atoms in total. The Morgan fingerprint density at radius 3 is 2.41 bits per heavy atom. The third-order valence-electron chi connectivity index (χ3n) is 6.79. The lowest BCUT2D eigenvalue weighted by Crippen LogP contribution is -2.45. The van der Waals surface area contributed by atoms with Crippen LogP contribution in [-0.4, -0.2) is 59.9 Å². The molecule has 0 bridgehead atoms. The quantitative estimate of drug-likeness (QED) is 0.129. The molecule has 1 amide bonds. The Morgan fingerprint density at radius 1 is 1.16 bits per heavy atom. The summed E-state index contributed by atoms with van der Waals surface area (Å²) in [6, 6.07) is 5.58. The van der Waals surface area contributed by atoms with Gasteiger partial charge in [-0.3, -0.25) is 24.2 Å². The summed E-state index contributed by atoms with van der Waals surface area (Å²) in [6.45, 7) is 10.3. The standard InChI is InChI=1S/C27H36FN5O4/c1-17(2)21(15-23(34)18-8-10-20(31-3)11-9-18)26(37)33-13-5-7-22(33)24(35)14-19(25(36)16-28)6-4-12-32-27(29)30/h8-11,17,19,21-22H,4-7,12-16H2,1-2H3,(H4,29,30,32)/t19-,21+,22+/m1/s1. The second-order valence-electron chi connectivity index (χ2n) is 9.74. The fourth-order valence-electron chi connectivity index (χ4n) is 4.64. The van der Waals surface area contributed by atoms with Crippen LogP contribution in [0.2, 0.25) is 0 Å². The number of carbonyl (C=O) groups is 4. The first kappa shape index (κ1) is 29.6. The number of nitrogens with zero attached hydrogens (tertiary/aromatic N) is 3. The van der Waals surface area contributed by atoms with Crippen LogP contribution in [0.25, 0.3) is 4.85 Å². The number of likely N-dealkylation sites (tertiary alicyclic amines) is 1. The number of Topliss-reactive ketones (excluding diaryl/α,β-unsaturated/α-hetero) is 3. The SMILES string of the molecule is [C-]#[N+]c1ccc(C(=O)C[C@H](C(=O)N2CCC[C@H]2C(=O)C[C@@H](CCCN=C(N)N)C(=O)CF)C(C)C)cc1. The van der Waals surface area contributed by atoms with Crippen molar-refractivity contribution < 1.29 is 23.6 Å². The predicted molar refractivity (Wildman–Crippen MR) is 139 cm³/mol. The number of guanidine groups is 1. The van der Waals surface area contributed by atoms with Crippen LogP contribution in [-0.2, 0) is 14.4 Å². The average Bonchev–Trinajstić information content (AvgIpc) is 3.38. The monoisotopic (exact) mass is 513 g/mol. The second kappa shape index (κ2) is 14.2. The van der Waals surface area contributed by atoms with E-state index in [0.717, 1.165) is 0 Å². The van der Waals surface area contributed by atoms with Crippen molar-refractivity contribution in [3.05, 3.63) is 41.2 Å². The summed E-state index contributed by atoms with van der Waals surface area (Å²) in [7, 11) is 0. The zero-order chi connectivity index (χ0) is 27.5. The lowest BCUT2D eigenvalue weighted by Gasteiger charge is -2.30. The Balaban J connectivity index is 2.10. The molecule has 1 heterocycles. The first-order chi connectivity index (χ1) is 17.6. The lowest BCUT2D eigenvalue weighted by atomic mass is 9.86. The van der Waals surface area contributed by atoms with Gasteiger partial charge in [-0.15, -0.1) is 0 Å². The van der Waals surface area contributed by atoms with Crippen molar-refractivity contribution >= 4 is 34.9 Å². The van der Waals surface area contributed by atoms with Crippen molar-refractivity contribution in [2.45, 2.75) is 58.4 Å². The molecule has 3 atom stereocenters. The number of nitrogens with two attached hydrogens (primary N) is 2. The number of aliphatic imine (C=N–C) groups is 1. The Kier molecular flexibility index (Phi) is 11.4. The van der Waals surface area contributed by atoms with E-state index in [9.17, 15) is 23.6 Å². The van der Waals surface area contributed by atoms with Gasteiger partial charge in [-0.1, -0.05) is 38.1 Å². The van der Waals surface area contributed by atoms with E-state index in [1.165, 1.54) is 4.90 Å². The summed E-state index contributed by atoms with van der Waals surface area (Å²) in [5, 5.41) is 0. The summed E-state index contributed by atoms with van der Waals surface area (Å²) in [5.41, 5.74) is 11.4. The highest BCUT2D eigenvalue weighted by atomic mass is 19.1. The average molecular weight is 514 g/mol. The number of halogens is 1. The highest BCUT2D eigenvalue weighted by Crippen LogP contribution is 2.29. The van der Waals surface area contributed by atoms with Crippen LogP contribution in [0.3, 0.4) is 0 Å². The van der Waals surface area contributed by atoms with Crippen molar-refractivity contribution in [2.75, 3.05) is 19.8 Å². The van der Waals surface area contributed by atoms with E-state index in [0.29, 0.717) is 37.1 Å². The molecule has 0 spiro atoms. The second-order valence-corrected chi connectivity index (χ2v) is 9.74. The third kappa shape index (κ3) is 8.48. The van der Waals surface area contributed by atoms with Gasteiger partial charge in [-0.25, -0.2) is 9.24 Å². The van der Waals surface area contributed by atoms with Gasteiger partial charge < -0.3 is 16.4 Å². The minimum absolute atomic E-state index is 0.0149. The molecule has 1 aromatic rings. The summed E-state index contributed by atoms with van der Waals surface area (Å²) in [6.07, 6.45) is 1.61. The van der Waals surface area contributed by atoms with Gasteiger partial charge in [0.25, 0.3) is 0 Å². The molecule has 0 aliphatic carbocycles. The number of hydrogen-bond acceptors (Lipinski definition) is 5. The van der Waals surface area contributed by atoms with E-state index in [-0.39, 0.29) is 55.2 Å². The Bertz CT molecular complexity index is 1040. The molecule has 4 N–H and O–H groups in total. The molecular formula is C27H36FN5O4. The van der Waals surface area contributed by atoms with Gasteiger partial charge in [-0.05, 0) is 31.6 Å². The van der Waals surface area contributed by atoms with Crippen LogP contribution in [0.5, 0.6) is 0 Å². The van der Waals surface area contributed by atoms with Crippen LogP contribution in [0.15, 0.2) is 29.3 Å². The van der Waals surface area contributed by atoms with Crippen molar-refractivity contribution in [2.24, 2.45) is 34.2 Å². The van der Waals surface area contributed by atoms with Crippen LogP contribution in [0.1, 0.15) is 62.7 Å². The molecule has 10 heteroatoms. The number of amides is 1. The molecule has 0 radical (unpaired) electrons. The minimum Gasteiger partial charge on any atom is -0.370 e. The van der Waals surface area contributed by atoms with E-state index in [1.807, 2.05) is 13.8 Å². The van der Waals surface area contributed by atoms with Crippen LogP contribution in [0, 0.1) is 24.3 Å². The zero-order valence-electron chi connectivity index (χ0n) is 21.5. The topological polar surface area (TPSA) is 140 Å². The highest BCUT2D eigenvalue weighted by molar-refractivity contribution is 6.00. The number of rotatable bonds is 14. The summed E-state index contributed by atoms with van der Waals surface area (Å²) in [5.74, 6) is -3.05. The van der Waals surface area contributed by atoms with Crippen LogP contribution >= 0.6 is 0 Å². The molecule has 1 fully saturated rings. The van der Waals surface area contributed by atoms with Gasteiger partial charge in [0.05, 0.1) is 12.6 Å². The van der Waals surface area contributed by atoms with Crippen LogP contribution < -0.4 is 11.5 Å². The normalized spacial score (nSPS) is 16.6. The molecule has 0 aromatic heterocycles. The summed E-state index contributed by atoms with van der Waals surface area (Å²) >= 11 is 0. The minimum atomic E-state index is -1.16. The smallest absolute Gasteiger partial charge is 0.227 e. The summed E-state index contributed by atoms with van der Waals surface area (Å²) in [4.78, 5) is 60.5. The van der Waals surface area contributed by atoms with Gasteiger partial charge >= 0.3 is 0 Å². The van der Waals surface area contributed by atoms with E-state index >= 15 is 0 Å². The first-order valence-corrected chi connectivity index (χ1v) is 12.6. The maximum absolute atomic E-state index is 13.5. The van der Waals surface area contributed by atoms with E-state index < -0.39 is 30.3 Å². The number of hydrogen-bond donors (Lipinski definition) is 2. The maximum Gasteiger partial charge on any atom is 0.227 e. The number of benzene rings is 1. The van der Waals surface area contributed by atoms with Crippen molar-refractivity contribution in [1.29, 1.82) is 0 Å². The van der Waals surface area contributed by atoms with Crippen LogP contribution in [0.4, 0.5) is 10.1 Å². The molecule has 37 heavy (non-hydrogen) atoms. The molecule has 1 aliphatic heterocycles. The Morgan fingerprint density at radius 2 is 1.84 bits per heavy atom. The lowest BCUT2D eigenvalue weighted by molar-refractivity contribution is -0.142. The number of carbonyl (C=O) groups excluding carboxylic acids is 4. The fraction of sp³-hybridized carbons (Fsp3) is 0.556. The first-order valence-electron chi connectivity index (χ1n) is 12.6. The maximum atomic E-state index is 13.5. The van der Waals surface area contributed by atoms with Crippen molar-refractivity contribution in [1.82, 2.24) is 4.90 Å². The molecule has 1 aromatic carbocycles. The zero-order valence-corrected chi connectivity index (χ0v) is 21.5. The molecule has 1 saturated heterocycles. The highest BCUT2D eigenvalue weighted by Gasteiger charge is 2.39.